The fourth-order valence-electron chi connectivity index (χ4n) is 4.78. The number of carbonyl (C=O) groups is 1. The van der Waals surface area contributed by atoms with Crippen LogP contribution in [0.25, 0.3) is 11.0 Å². The third-order valence-electron chi connectivity index (χ3n) is 7.06. The molecule has 0 aromatic carbocycles. The van der Waals surface area contributed by atoms with Crippen molar-refractivity contribution in [3.8, 4) is 5.88 Å². The van der Waals surface area contributed by atoms with E-state index in [1.807, 2.05) is 7.05 Å². The van der Waals surface area contributed by atoms with Crippen LogP contribution in [0.3, 0.4) is 0 Å². The number of unbranched alkanes of at least 4 members (excludes halogenated alkanes) is 16. The Kier molecular flexibility index (Phi) is 19.3. The Labute approximate surface area is 247 Å². The molecule has 0 spiro atoms. The molecule has 7 nitrogen and oxygen atoms in total. The number of nitrogens with zero attached hydrogens (tertiary/aromatic N) is 4. The van der Waals surface area contributed by atoms with Crippen LogP contribution in [0, 0.1) is 0 Å². The number of hydrogen-bond donors (Lipinski definition) is 0. The van der Waals surface area contributed by atoms with E-state index in [9.17, 15) is 4.79 Å². The Morgan fingerprint density at radius 3 is 1.98 bits per heavy atom. The van der Waals surface area contributed by atoms with E-state index in [-0.39, 0.29) is 11.7 Å². The molecule has 0 amide bonds. The van der Waals surface area contributed by atoms with E-state index < -0.39 is 0 Å². The van der Waals surface area contributed by atoms with E-state index in [1.165, 1.54) is 127 Å². The molecule has 40 heavy (non-hydrogen) atoms. The minimum atomic E-state index is -0.260. The molecule has 0 aliphatic heterocycles. The maximum absolute atomic E-state index is 11.7. The number of hydrogen-bond acceptors (Lipinski definition) is 7. The standard InChI is InChI=1S/C32H54N4O3S/c1-4-6-7-8-9-10-11-12-13-14-15-16-17-18-19-20-21-22-23-24-25-39-32-30-29(35-36(32)3)31(34-27-33-30)40-26-28(37)38-5-2/h12-13,27H,4-11,14-26H2,1-3H3. The summed E-state index contributed by atoms with van der Waals surface area (Å²) >= 11 is 1.31. The summed E-state index contributed by atoms with van der Waals surface area (Å²) in [4.78, 5) is 20.4. The Morgan fingerprint density at radius 1 is 0.800 bits per heavy atom. The number of rotatable bonds is 25. The lowest BCUT2D eigenvalue weighted by Gasteiger charge is -2.06. The molecule has 0 unspecified atom stereocenters. The van der Waals surface area contributed by atoms with Crippen molar-refractivity contribution in [2.75, 3.05) is 19.0 Å². The lowest BCUT2D eigenvalue weighted by molar-refractivity contribution is -0.139. The molecule has 2 heterocycles. The molecule has 0 atom stereocenters. The van der Waals surface area contributed by atoms with E-state index in [0.717, 1.165) is 6.42 Å². The van der Waals surface area contributed by atoms with E-state index >= 15 is 0 Å². The van der Waals surface area contributed by atoms with Crippen LogP contribution in [0.4, 0.5) is 0 Å². The lowest BCUT2D eigenvalue weighted by Crippen LogP contribution is -2.06. The van der Waals surface area contributed by atoms with Crippen LogP contribution < -0.4 is 4.74 Å². The topological polar surface area (TPSA) is 79.1 Å². The predicted molar refractivity (Wildman–Crippen MR) is 167 cm³/mol. The molecule has 0 radical (unpaired) electrons. The number of aryl methyl sites for hydroxylation is 1. The first-order valence-corrected chi connectivity index (χ1v) is 16.9. The van der Waals surface area contributed by atoms with E-state index in [4.69, 9.17) is 9.47 Å². The van der Waals surface area contributed by atoms with Gasteiger partial charge in [0.1, 0.15) is 16.9 Å². The van der Waals surface area contributed by atoms with Crippen LogP contribution in [0.1, 0.15) is 129 Å². The molecule has 2 aromatic heterocycles. The van der Waals surface area contributed by atoms with Gasteiger partial charge in [0.25, 0.3) is 0 Å². The zero-order chi connectivity index (χ0) is 28.7. The van der Waals surface area contributed by atoms with Crippen LogP contribution in [0.2, 0.25) is 0 Å². The van der Waals surface area contributed by atoms with Crippen molar-refractivity contribution >= 4 is 28.8 Å². The highest BCUT2D eigenvalue weighted by Crippen LogP contribution is 2.29. The van der Waals surface area contributed by atoms with Crippen molar-refractivity contribution < 1.29 is 14.3 Å². The van der Waals surface area contributed by atoms with Gasteiger partial charge in [-0.05, 0) is 39.0 Å². The molecular formula is C32H54N4O3S. The van der Waals surface area contributed by atoms with Crippen LogP contribution >= 0.6 is 11.8 Å². The van der Waals surface area contributed by atoms with Crippen molar-refractivity contribution in [3.05, 3.63) is 18.5 Å². The monoisotopic (exact) mass is 574 g/mol. The van der Waals surface area contributed by atoms with Crippen molar-refractivity contribution in [2.45, 2.75) is 134 Å². The lowest BCUT2D eigenvalue weighted by atomic mass is 10.1. The summed E-state index contributed by atoms with van der Waals surface area (Å²) in [6.45, 7) is 5.10. The fourth-order valence-corrected chi connectivity index (χ4v) is 5.51. The first-order valence-electron chi connectivity index (χ1n) is 15.9. The number of ether oxygens (including phenoxy) is 2. The average molecular weight is 575 g/mol. The molecule has 8 heteroatoms. The van der Waals surface area contributed by atoms with Gasteiger partial charge < -0.3 is 9.47 Å². The first kappa shape index (κ1) is 34.1. The van der Waals surface area contributed by atoms with E-state index in [2.05, 4.69) is 34.1 Å². The molecule has 2 aromatic rings. The van der Waals surface area contributed by atoms with Crippen LogP contribution in [0.5, 0.6) is 5.88 Å². The summed E-state index contributed by atoms with van der Waals surface area (Å²) in [5, 5.41) is 5.20. The number of aromatic nitrogens is 4. The van der Waals surface area contributed by atoms with Crippen molar-refractivity contribution in [1.29, 1.82) is 0 Å². The largest absolute Gasteiger partial charge is 0.476 e. The van der Waals surface area contributed by atoms with Gasteiger partial charge in [0.15, 0.2) is 5.52 Å². The van der Waals surface area contributed by atoms with Crippen LogP contribution in [0.15, 0.2) is 23.5 Å². The molecular weight excluding hydrogens is 520 g/mol. The van der Waals surface area contributed by atoms with Crippen molar-refractivity contribution in [1.82, 2.24) is 19.7 Å². The van der Waals surface area contributed by atoms with Crippen molar-refractivity contribution in [3.63, 3.8) is 0 Å². The van der Waals surface area contributed by atoms with Gasteiger partial charge in [-0.3, -0.25) is 4.79 Å². The third kappa shape index (κ3) is 14.5. The summed E-state index contributed by atoms with van der Waals surface area (Å²) in [6.07, 6.45) is 30.1. The molecule has 0 aliphatic carbocycles. The summed E-state index contributed by atoms with van der Waals surface area (Å²) in [6, 6.07) is 0. The highest BCUT2D eigenvalue weighted by Gasteiger charge is 2.17. The fraction of sp³-hybridized carbons (Fsp3) is 0.750. The number of thioether (sulfide) groups is 1. The maximum atomic E-state index is 11.7. The number of fused-ring (bicyclic) bond motifs is 1. The Balaban J connectivity index is 1.45. The quantitative estimate of drug-likeness (QED) is 0.0385. The second-order valence-corrected chi connectivity index (χ2v) is 11.6. The van der Waals surface area contributed by atoms with E-state index in [0.29, 0.717) is 35.2 Å². The number of allylic oxidation sites excluding steroid dienone is 2. The molecule has 2 rings (SSSR count). The summed E-state index contributed by atoms with van der Waals surface area (Å²) in [7, 11) is 1.85. The molecule has 226 valence electrons. The van der Waals surface area contributed by atoms with Gasteiger partial charge in [0.2, 0.25) is 5.88 Å². The van der Waals surface area contributed by atoms with Gasteiger partial charge in [-0.15, -0.1) is 0 Å². The summed E-state index contributed by atoms with van der Waals surface area (Å²) in [5.41, 5.74) is 1.35. The number of esters is 1. The van der Waals surface area contributed by atoms with Gasteiger partial charge in [-0.2, -0.15) is 5.10 Å². The minimum absolute atomic E-state index is 0.198. The van der Waals surface area contributed by atoms with Gasteiger partial charge >= 0.3 is 5.97 Å². The Hall–Kier alpha value is -2.09. The van der Waals surface area contributed by atoms with Gasteiger partial charge in [0, 0.05) is 7.05 Å². The molecule has 0 saturated heterocycles. The SMILES string of the molecule is CCCCCCCCC=CCCCCCCCCCCCCOc1c2ncnc(SCC(=O)OCC)c2nn1C. The van der Waals surface area contributed by atoms with Crippen molar-refractivity contribution in [2.24, 2.45) is 7.05 Å². The molecule has 0 bridgehead atoms. The zero-order valence-corrected chi connectivity index (χ0v) is 26.3. The number of carbonyl (C=O) groups excluding carboxylic acids is 1. The smallest absolute Gasteiger partial charge is 0.316 e. The van der Waals surface area contributed by atoms with Gasteiger partial charge in [-0.25, -0.2) is 14.6 Å². The normalized spacial score (nSPS) is 11.6. The van der Waals surface area contributed by atoms with Gasteiger partial charge in [0.05, 0.1) is 19.0 Å². The van der Waals surface area contributed by atoms with E-state index in [1.54, 1.807) is 11.6 Å². The van der Waals surface area contributed by atoms with Crippen LogP contribution in [-0.4, -0.2) is 44.7 Å². The highest BCUT2D eigenvalue weighted by molar-refractivity contribution is 8.00. The molecule has 0 N–H and O–H groups in total. The molecule has 0 saturated carbocycles. The molecule has 0 fully saturated rings. The first-order chi connectivity index (χ1) is 19.7. The maximum Gasteiger partial charge on any atom is 0.316 e. The summed E-state index contributed by atoms with van der Waals surface area (Å²) in [5.74, 6) is 0.594. The third-order valence-corrected chi connectivity index (χ3v) is 8.01. The van der Waals surface area contributed by atoms with Gasteiger partial charge in [-0.1, -0.05) is 114 Å². The zero-order valence-electron chi connectivity index (χ0n) is 25.5. The highest BCUT2D eigenvalue weighted by atomic mass is 32.2. The second-order valence-electron chi connectivity index (χ2n) is 10.6. The summed E-state index contributed by atoms with van der Waals surface area (Å²) < 4.78 is 12.8. The predicted octanol–water partition coefficient (Wildman–Crippen LogP) is 9.00. The molecule has 0 aliphatic rings. The average Bonchev–Trinajstić information content (AvgIpc) is 3.28. The Bertz CT molecular complexity index is 963. The second kappa shape index (κ2) is 22.6. The Morgan fingerprint density at radius 2 is 1.38 bits per heavy atom. The minimum Gasteiger partial charge on any atom is -0.476 e. The van der Waals surface area contributed by atoms with Crippen LogP contribution in [-0.2, 0) is 16.6 Å².